The molecule has 3 heteroatoms. The van der Waals surface area contributed by atoms with E-state index in [0.29, 0.717) is 0 Å². The van der Waals surface area contributed by atoms with Gasteiger partial charge in [-0.05, 0) is 30.0 Å². The lowest BCUT2D eigenvalue weighted by atomic mass is 10.1. The maximum Gasteiger partial charge on any atom is 0.0785 e. The third kappa shape index (κ3) is 1.43. The van der Waals surface area contributed by atoms with Crippen molar-refractivity contribution in [3.05, 3.63) is 35.5 Å². The van der Waals surface area contributed by atoms with Crippen molar-refractivity contribution in [2.24, 2.45) is 11.5 Å². The number of aromatic nitrogens is 1. The average Bonchev–Trinajstić information content (AvgIpc) is 2.42. The minimum atomic E-state index is -0.395. The first-order valence-corrected chi connectivity index (χ1v) is 4.27. The van der Waals surface area contributed by atoms with Crippen LogP contribution in [0.3, 0.4) is 0 Å². The van der Waals surface area contributed by atoms with Crippen molar-refractivity contribution in [1.29, 1.82) is 0 Å². The van der Waals surface area contributed by atoms with Crippen molar-refractivity contribution in [3.8, 4) is 0 Å². The largest absolute Gasteiger partial charge is 0.359 e. The summed E-state index contributed by atoms with van der Waals surface area (Å²) >= 11 is 0. The number of hydrogen-bond acceptors (Lipinski definition) is 2. The number of fused-ring (bicyclic) bond motifs is 1. The Labute approximate surface area is 76.7 Å². The van der Waals surface area contributed by atoms with Gasteiger partial charge in [-0.1, -0.05) is 12.1 Å². The molecule has 0 bridgehead atoms. The van der Waals surface area contributed by atoms with Gasteiger partial charge in [-0.2, -0.15) is 0 Å². The summed E-state index contributed by atoms with van der Waals surface area (Å²) < 4.78 is 0. The monoisotopic (exact) mass is 175 g/mol. The highest BCUT2D eigenvalue weighted by Gasteiger charge is 2.02. The molecule has 13 heavy (non-hydrogen) atoms. The number of benzene rings is 1. The van der Waals surface area contributed by atoms with E-state index in [-0.39, 0.29) is 0 Å². The zero-order chi connectivity index (χ0) is 9.42. The Bertz CT molecular complexity index is 429. The second-order valence-electron chi connectivity index (χ2n) is 3.32. The van der Waals surface area contributed by atoms with Crippen LogP contribution < -0.4 is 11.5 Å². The Morgan fingerprint density at radius 3 is 2.69 bits per heavy atom. The van der Waals surface area contributed by atoms with Crippen LogP contribution in [0.15, 0.2) is 24.3 Å². The molecule has 0 saturated heterocycles. The molecule has 2 aromatic rings. The smallest absolute Gasteiger partial charge is 0.0785 e. The summed E-state index contributed by atoms with van der Waals surface area (Å²) in [6, 6.07) is 8.08. The molecule has 0 radical (unpaired) electrons. The van der Waals surface area contributed by atoms with Crippen LogP contribution in [0.2, 0.25) is 0 Å². The molecule has 0 amide bonds. The second-order valence-corrected chi connectivity index (χ2v) is 3.32. The fraction of sp³-hybridized carbons (Fsp3) is 0.200. The number of nitrogens with one attached hydrogen (secondary N) is 1. The summed E-state index contributed by atoms with van der Waals surface area (Å²) in [6.07, 6.45) is -0.395. The molecule has 0 fully saturated rings. The maximum absolute atomic E-state index is 5.58. The molecule has 5 N–H and O–H groups in total. The SMILES string of the molecule is Cc1cc2ccc(C(N)N)cc2[nH]1. The van der Waals surface area contributed by atoms with Gasteiger partial charge < -0.3 is 16.5 Å². The summed E-state index contributed by atoms with van der Waals surface area (Å²) in [4.78, 5) is 3.24. The Hall–Kier alpha value is -1.32. The third-order valence-corrected chi connectivity index (χ3v) is 2.17. The quantitative estimate of drug-likeness (QED) is 0.573. The van der Waals surface area contributed by atoms with Crippen LogP contribution in [-0.2, 0) is 0 Å². The van der Waals surface area contributed by atoms with Crippen LogP contribution in [0.4, 0.5) is 0 Å². The summed E-state index contributed by atoms with van der Waals surface area (Å²) in [5, 5.41) is 1.20. The van der Waals surface area contributed by atoms with E-state index in [0.717, 1.165) is 16.8 Å². The van der Waals surface area contributed by atoms with Crippen LogP contribution in [0.1, 0.15) is 17.4 Å². The van der Waals surface area contributed by atoms with Gasteiger partial charge in [0.1, 0.15) is 0 Å². The zero-order valence-corrected chi connectivity index (χ0v) is 7.54. The van der Waals surface area contributed by atoms with Crippen molar-refractivity contribution < 1.29 is 0 Å². The highest BCUT2D eigenvalue weighted by Crippen LogP contribution is 2.18. The van der Waals surface area contributed by atoms with Gasteiger partial charge in [-0.15, -0.1) is 0 Å². The fourth-order valence-electron chi connectivity index (χ4n) is 1.50. The Balaban J connectivity index is 2.61. The molecule has 0 saturated carbocycles. The molecule has 1 aromatic heterocycles. The van der Waals surface area contributed by atoms with Crippen molar-refractivity contribution in [2.45, 2.75) is 13.1 Å². The summed E-state index contributed by atoms with van der Waals surface area (Å²) in [7, 11) is 0. The lowest BCUT2D eigenvalue weighted by Crippen LogP contribution is -2.19. The molecule has 3 nitrogen and oxygen atoms in total. The molecule has 2 rings (SSSR count). The standard InChI is InChI=1S/C10H13N3/c1-6-4-7-2-3-8(10(11)12)5-9(7)13-6/h2-5,10,13H,11-12H2,1H3. The van der Waals surface area contributed by atoms with E-state index < -0.39 is 6.17 Å². The molecule has 0 atom stereocenters. The molecule has 0 spiro atoms. The third-order valence-electron chi connectivity index (χ3n) is 2.17. The van der Waals surface area contributed by atoms with Gasteiger partial charge in [0.25, 0.3) is 0 Å². The van der Waals surface area contributed by atoms with Crippen LogP contribution in [-0.4, -0.2) is 4.98 Å². The molecule has 0 aliphatic carbocycles. The van der Waals surface area contributed by atoms with Crippen LogP contribution in [0, 0.1) is 6.92 Å². The van der Waals surface area contributed by atoms with Gasteiger partial charge in [0.2, 0.25) is 0 Å². The van der Waals surface area contributed by atoms with Crippen LogP contribution in [0.25, 0.3) is 10.9 Å². The maximum atomic E-state index is 5.58. The summed E-state index contributed by atoms with van der Waals surface area (Å²) in [5.74, 6) is 0. The average molecular weight is 175 g/mol. The highest BCUT2D eigenvalue weighted by molar-refractivity contribution is 5.81. The Morgan fingerprint density at radius 1 is 1.23 bits per heavy atom. The highest BCUT2D eigenvalue weighted by atomic mass is 14.8. The van der Waals surface area contributed by atoms with Crippen molar-refractivity contribution in [3.63, 3.8) is 0 Å². The first-order chi connectivity index (χ1) is 6.16. The van der Waals surface area contributed by atoms with Gasteiger partial charge >= 0.3 is 0 Å². The molecule has 0 unspecified atom stereocenters. The fourth-order valence-corrected chi connectivity index (χ4v) is 1.50. The second kappa shape index (κ2) is 2.87. The first-order valence-electron chi connectivity index (χ1n) is 4.27. The molecule has 1 aromatic carbocycles. The molecule has 68 valence electrons. The lowest BCUT2D eigenvalue weighted by Gasteiger charge is -2.04. The van der Waals surface area contributed by atoms with Gasteiger partial charge in [0.15, 0.2) is 0 Å². The van der Waals surface area contributed by atoms with E-state index in [1.807, 2.05) is 25.1 Å². The van der Waals surface area contributed by atoms with E-state index in [1.165, 1.54) is 5.39 Å². The van der Waals surface area contributed by atoms with Crippen LogP contribution in [0.5, 0.6) is 0 Å². The van der Waals surface area contributed by atoms with E-state index in [9.17, 15) is 0 Å². The van der Waals surface area contributed by atoms with E-state index in [1.54, 1.807) is 0 Å². The summed E-state index contributed by atoms with van der Waals surface area (Å²) in [5.41, 5.74) is 14.3. The van der Waals surface area contributed by atoms with Gasteiger partial charge in [0, 0.05) is 11.2 Å². The van der Waals surface area contributed by atoms with Crippen LogP contribution >= 0.6 is 0 Å². The molecule has 0 aliphatic heterocycles. The van der Waals surface area contributed by atoms with Gasteiger partial charge in [0.05, 0.1) is 6.17 Å². The normalized spacial score (nSPS) is 11.4. The van der Waals surface area contributed by atoms with Gasteiger partial charge in [-0.25, -0.2) is 0 Å². The Kier molecular flexibility index (Phi) is 1.83. The topological polar surface area (TPSA) is 67.8 Å². The zero-order valence-electron chi connectivity index (χ0n) is 7.54. The number of hydrogen-bond donors (Lipinski definition) is 3. The molecular weight excluding hydrogens is 162 g/mol. The lowest BCUT2D eigenvalue weighted by molar-refractivity contribution is 0.775. The molecule has 1 heterocycles. The first kappa shape index (κ1) is 8.29. The predicted molar refractivity (Wildman–Crippen MR) is 54.2 cm³/mol. The van der Waals surface area contributed by atoms with Crippen molar-refractivity contribution in [1.82, 2.24) is 4.98 Å². The van der Waals surface area contributed by atoms with Crippen molar-refractivity contribution in [2.75, 3.05) is 0 Å². The minimum absolute atomic E-state index is 0.395. The number of aromatic amines is 1. The number of rotatable bonds is 1. The van der Waals surface area contributed by atoms with E-state index >= 15 is 0 Å². The van der Waals surface area contributed by atoms with Crippen molar-refractivity contribution >= 4 is 10.9 Å². The molecular formula is C10H13N3. The predicted octanol–water partition coefficient (Wildman–Crippen LogP) is 1.39. The number of nitrogens with two attached hydrogens (primary N) is 2. The number of aryl methyl sites for hydroxylation is 1. The van der Waals surface area contributed by atoms with E-state index in [4.69, 9.17) is 11.5 Å². The minimum Gasteiger partial charge on any atom is -0.359 e. The van der Waals surface area contributed by atoms with Gasteiger partial charge in [-0.3, -0.25) is 0 Å². The number of H-pyrrole nitrogens is 1. The summed E-state index contributed by atoms with van der Waals surface area (Å²) in [6.45, 7) is 2.03. The molecule has 0 aliphatic rings. The van der Waals surface area contributed by atoms with E-state index in [2.05, 4.69) is 11.1 Å². The Morgan fingerprint density at radius 2 is 2.00 bits per heavy atom.